The van der Waals surface area contributed by atoms with Gasteiger partial charge in [0.15, 0.2) is 0 Å². The average Bonchev–Trinajstić information content (AvgIpc) is 2.86. The molecule has 1 aromatic heterocycles. The normalized spacial score (nSPS) is 22.7. The summed E-state index contributed by atoms with van der Waals surface area (Å²) in [6, 6.07) is 0. The van der Waals surface area contributed by atoms with Gasteiger partial charge in [0.1, 0.15) is 4.88 Å². The highest BCUT2D eigenvalue weighted by Gasteiger charge is 2.37. The molecule has 104 valence electrons. The van der Waals surface area contributed by atoms with Crippen LogP contribution in [0.25, 0.3) is 0 Å². The molecule has 0 saturated carbocycles. The highest BCUT2D eigenvalue weighted by molar-refractivity contribution is 7.11. The van der Waals surface area contributed by atoms with Gasteiger partial charge in [-0.2, -0.15) is 0 Å². The highest BCUT2D eigenvalue weighted by atomic mass is 32.1. The van der Waals surface area contributed by atoms with Crippen molar-refractivity contribution in [2.75, 3.05) is 26.2 Å². The van der Waals surface area contributed by atoms with Crippen molar-refractivity contribution in [3.8, 4) is 0 Å². The lowest BCUT2D eigenvalue weighted by atomic mass is 9.71. The minimum absolute atomic E-state index is 0.184. The molecule has 0 aliphatic carbocycles. The van der Waals surface area contributed by atoms with E-state index < -0.39 is 0 Å². The zero-order valence-electron chi connectivity index (χ0n) is 11.4. The Morgan fingerprint density at radius 3 is 2.58 bits per heavy atom. The van der Waals surface area contributed by atoms with Crippen molar-refractivity contribution < 1.29 is 4.79 Å². The summed E-state index contributed by atoms with van der Waals surface area (Å²) in [7, 11) is 0. The molecule has 3 heterocycles. The van der Waals surface area contributed by atoms with Gasteiger partial charge in [-0.05, 0) is 51.1 Å². The first kappa shape index (κ1) is 13.1. The molecule has 0 bridgehead atoms. The fourth-order valence-electron chi connectivity index (χ4n) is 3.29. The summed E-state index contributed by atoms with van der Waals surface area (Å²) in [6.07, 6.45) is 4.87. The number of nitrogens with one attached hydrogen (secondary N) is 1. The predicted molar refractivity (Wildman–Crippen MR) is 76.5 cm³/mol. The quantitative estimate of drug-likeness (QED) is 0.856. The number of hydrogen-bond acceptors (Lipinski definition) is 4. The molecule has 0 radical (unpaired) electrons. The smallest absolute Gasteiger partial charge is 0.265 e. The molecule has 1 amide bonds. The van der Waals surface area contributed by atoms with Crippen molar-refractivity contribution in [3.63, 3.8) is 0 Å². The van der Waals surface area contributed by atoms with E-state index in [1.807, 2.05) is 11.8 Å². The summed E-state index contributed by atoms with van der Waals surface area (Å²) in [4.78, 5) is 19.5. The van der Waals surface area contributed by atoms with Gasteiger partial charge in [-0.3, -0.25) is 4.79 Å². The number of aryl methyl sites for hydroxylation is 1. The van der Waals surface area contributed by atoms with Crippen LogP contribution in [0.15, 0.2) is 5.51 Å². The number of aromatic nitrogens is 1. The van der Waals surface area contributed by atoms with E-state index in [9.17, 15) is 4.79 Å². The Morgan fingerprint density at radius 1 is 1.32 bits per heavy atom. The zero-order chi connectivity index (χ0) is 13.3. The molecule has 1 spiro atoms. The minimum Gasteiger partial charge on any atom is -0.338 e. The molecule has 5 heteroatoms. The monoisotopic (exact) mass is 279 g/mol. The van der Waals surface area contributed by atoms with Crippen LogP contribution in [0.3, 0.4) is 0 Å². The summed E-state index contributed by atoms with van der Waals surface area (Å²) in [5.74, 6) is 0.184. The van der Waals surface area contributed by atoms with Gasteiger partial charge in [0.25, 0.3) is 5.91 Å². The number of carbonyl (C=O) groups is 1. The van der Waals surface area contributed by atoms with Crippen molar-refractivity contribution in [2.45, 2.75) is 32.6 Å². The number of hydrogen-bond donors (Lipinski definition) is 1. The molecule has 0 atom stereocenters. The van der Waals surface area contributed by atoms with Crippen molar-refractivity contribution >= 4 is 17.2 Å². The summed E-state index contributed by atoms with van der Waals surface area (Å²) in [6.45, 7) is 6.03. The van der Waals surface area contributed by atoms with Crippen LogP contribution in [-0.4, -0.2) is 42.0 Å². The van der Waals surface area contributed by atoms with Crippen LogP contribution in [-0.2, 0) is 0 Å². The van der Waals surface area contributed by atoms with Gasteiger partial charge in [-0.15, -0.1) is 11.3 Å². The lowest BCUT2D eigenvalue weighted by Crippen LogP contribution is -2.47. The van der Waals surface area contributed by atoms with E-state index in [1.54, 1.807) is 5.51 Å². The lowest BCUT2D eigenvalue weighted by Gasteiger charge is -2.44. The first-order valence-electron chi connectivity index (χ1n) is 7.10. The minimum atomic E-state index is 0.184. The Kier molecular flexibility index (Phi) is 3.58. The van der Waals surface area contributed by atoms with E-state index in [4.69, 9.17) is 0 Å². The second-order valence-electron chi connectivity index (χ2n) is 5.81. The topological polar surface area (TPSA) is 45.2 Å². The predicted octanol–water partition coefficient (Wildman–Crippen LogP) is 2.06. The molecular formula is C14H21N3OS. The van der Waals surface area contributed by atoms with Crippen molar-refractivity contribution in [1.82, 2.24) is 15.2 Å². The molecule has 2 saturated heterocycles. The fraction of sp³-hybridized carbons (Fsp3) is 0.714. The first-order chi connectivity index (χ1) is 9.20. The molecule has 0 aromatic carbocycles. The van der Waals surface area contributed by atoms with Crippen molar-refractivity contribution in [3.05, 3.63) is 16.1 Å². The molecule has 1 aromatic rings. The van der Waals surface area contributed by atoms with E-state index in [0.29, 0.717) is 5.41 Å². The number of likely N-dealkylation sites (tertiary alicyclic amines) is 1. The molecule has 2 aliphatic rings. The van der Waals surface area contributed by atoms with Crippen molar-refractivity contribution in [2.24, 2.45) is 5.41 Å². The van der Waals surface area contributed by atoms with Gasteiger partial charge in [0, 0.05) is 13.1 Å². The summed E-state index contributed by atoms with van der Waals surface area (Å²) in [5.41, 5.74) is 3.14. The third kappa shape index (κ3) is 2.54. The van der Waals surface area contributed by atoms with E-state index in [0.717, 1.165) is 49.6 Å². The van der Waals surface area contributed by atoms with Crippen molar-refractivity contribution in [1.29, 1.82) is 0 Å². The summed E-state index contributed by atoms with van der Waals surface area (Å²) >= 11 is 1.47. The Morgan fingerprint density at radius 2 is 2.00 bits per heavy atom. The highest BCUT2D eigenvalue weighted by Crippen LogP contribution is 2.39. The maximum atomic E-state index is 12.4. The van der Waals surface area contributed by atoms with E-state index in [2.05, 4.69) is 10.3 Å². The summed E-state index contributed by atoms with van der Waals surface area (Å²) < 4.78 is 0. The average molecular weight is 279 g/mol. The van der Waals surface area contributed by atoms with Gasteiger partial charge in [0.05, 0.1) is 11.2 Å². The molecule has 2 aliphatic heterocycles. The molecule has 1 N–H and O–H groups in total. The number of piperidine rings is 2. The third-order valence-corrected chi connectivity index (χ3v) is 5.63. The number of amides is 1. The van der Waals surface area contributed by atoms with Gasteiger partial charge in [-0.25, -0.2) is 4.98 Å². The lowest BCUT2D eigenvalue weighted by molar-refractivity contribution is 0.0499. The Hall–Kier alpha value is -0.940. The van der Waals surface area contributed by atoms with E-state index in [-0.39, 0.29) is 5.91 Å². The number of rotatable bonds is 1. The number of nitrogens with zero attached hydrogens (tertiary/aromatic N) is 2. The van der Waals surface area contributed by atoms with Crippen LogP contribution in [0.4, 0.5) is 0 Å². The standard InChI is InChI=1S/C14H21N3OS/c1-11-12(19-10-16-11)13(18)17-8-4-14(5-9-17)2-6-15-7-3-14/h10,15H,2-9H2,1H3. The maximum Gasteiger partial charge on any atom is 0.265 e. The van der Waals surface area contributed by atoms with Gasteiger partial charge < -0.3 is 10.2 Å². The Bertz CT molecular complexity index is 455. The molecule has 4 nitrogen and oxygen atoms in total. The van der Waals surface area contributed by atoms with Gasteiger partial charge >= 0.3 is 0 Å². The molecule has 19 heavy (non-hydrogen) atoms. The van der Waals surface area contributed by atoms with E-state index >= 15 is 0 Å². The second-order valence-corrected chi connectivity index (χ2v) is 6.66. The maximum absolute atomic E-state index is 12.4. The van der Waals surface area contributed by atoms with Crippen LogP contribution < -0.4 is 5.32 Å². The SMILES string of the molecule is Cc1ncsc1C(=O)N1CCC2(CCNCC2)CC1. The Labute approximate surface area is 118 Å². The first-order valence-corrected chi connectivity index (χ1v) is 7.98. The van der Waals surface area contributed by atoms with E-state index in [1.165, 1.54) is 24.2 Å². The van der Waals surface area contributed by atoms with Gasteiger partial charge in [-0.1, -0.05) is 0 Å². The van der Waals surface area contributed by atoms with Gasteiger partial charge in [0.2, 0.25) is 0 Å². The molecule has 3 rings (SSSR count). The fourth-order valence-corrected chi connectivity index (χ4v) is 4.06. The van der Waals surface area contributed by atoms with Crippen LogP contribution in [0.2, 0.25) is 0 Å². The summed E-state index contributed by atoms with van der Waals surface area (Å²) in [5, 5.41) is 3.43. The zero-order valence-corrected chi connectivity index (χ0v) is 12.3. The second kappa shape index (κ2) is 5.21. The number of thiazole rings is 1. The third-order valence-electron chi connectivity index (χ3n) is 4.72. The molecule has 2 fully saturated rings. The Balaban J connectivity index is 1.64. The van der Waals surface area contributed by atoms with Crippen LogP contribution in [0.1, 0.15) is 41.0 Å². The van der Waals surface area contributed by atoms with Crippen LogP contribution >= 0.6 is 11.3 Å². The van der Waals surface area contributed by atoms with Crippen LogP contribution in [0, 0.1) is 12.3 Å². The number of carbonyl (C=O) groups excluding carboxylic acids is 1. The van der Waals surface area contributed by atoms with Crippen LogP contribution in [0.5, 0.6) is 0 Å². The largest absolute Gasteiger partial charge is 0.338 e. The molecular weight excluding hydrogens is 258 g/mol. The molecule has 0 unspecified atom stereocenters.